The smallest absolute Gasteiger partial charge is 0.410 e. The van der Waals surface area contributed by atoms with E-state index in [1.165, 1.54) is 11.9 Å². The van der Waals surface area contributed by atoms with Gasteiger partial charge >= 0.3 is 12.1 Å². The Kier molecular flexibility index (Phi) is 5.92. The van der Waals surface area contributed by atoms with E-state index in [-0.39, 0.29) is 13.1 Å². The van der Waals surface area contributed by atoms with Gasteiger partial charge in [0.15, 0.2) is 0 Å². The van der Waals surface area contributed by atoms with E-state index in [9.17, 15) is 23.5 Å². The number of hydrogen-bond donors (Lipinski definition) is 2. The lowest BCUT2D eigenvalue weighted by molar-refractivity contribution is 0.0269. The van der Waals surface area contributed by atoms with Crippen LogP contribution in [0.3, 0.4) is 0 Å². The topological polar surface area (TPSA) is 82.1 Å². The Hall–Kier alpha value is -1.64. The minimum absolute atomic E-state index is 0.0199. The van der Waals surface area contributed by atoms with Crippen LogP contribution >= 0.6 is 0 Å². The Bertz CT molecular complexity index is 415. The van der Waals surface area contributed by atoms with Crippen LogP contribution in [0, 0.1) is 0 Å². The van der Waals surface area contributed by atoms with Gasteiger partial charge in [-0.05, 0) is 20.8 Å². The van der Waals surface area contributed by atoms with E-state index < -0.39 is 42.8 Å². The van der Waals surface area contributed by atoms with E-state index in [1.807, 2.05) is 0 Å². The van der Waals surface area contributed by atoms with Gasteiger partial charge in [-0.25, -0.2) is 18.4 Å². The lowest BCUT2D eigenvalue weighted by Gasteiger charge is -2.27. The maximum absolute atomic E-state index is 12.1. The number of hydrogen-bond acceptors (Lipinski definition) is 4. The average Bonchev–Trinajstić information content (AvgIpc) is 2.75. The van der Waals surface area contributed by atoms with Crippen LogP contribution in [-0.4, -0.2) is 77.9 Å². The Morgan fingerprint density at radius 3 is 2.50 bits per heavy atom. The molecule has 0 aliphatic carbocycles. The molecular formula is C13H23F2N3O4. The number of urea groups is 1. The van der Waals surface area contributed by atoms with Crippen LogP contribution in [0.25, 0.3) is 0 Å². The summed E-state index contributed by atoms with van der Waals surface area (Å²) in [5.74, 6) is 0. The third-order valence-electron chi connectivity index (χ3n) is 3.14. The number of amides is 3. The molecule has 3 amide bonds. The molecule has 2 N–H and O–H groups in total. The maximum atomic E-state index is 12.1. The SMILES string of the molecule is CN(C(=O)NCC(F)F)[C@@H]1CN(C(=O)OC(C)(C)C)C[C@H]1O. The summed E-state index contributed by atoms with van der Waals surface area (Å²) in [6, 6.07) is -1.40. The summed E-state index contributed by atoms with van der Waals surface area (Å²) in [5.41, 5.74) is -0.666. The van der Waals surface area contributed by atoms with Crippen LogP contribution < -0.4 is 5.32 Å². The van der Waals surface area contributed by atoms with Crippen LogP contribution in [0.1, 0.15) is 20.8 Å². The second-order valence-electron chi connectivity index (χ2n) is 6.21. The van der Waals surface area contributed by atoms with E-state index >= 15 is 0 Å². The molecule has 128 valence electrons. The number of aliphatic hydroxyl groups excluding tert-OH is 1. The fourth-order valence-electron chi connectivity index (χ4n) is 2.07. The lowest BCUT2D eigenvalue weighted by Crippen LogP contribution is -2.49. The molecule has 1 heterocycles. The first-order valence-corrected chi connectivity index (χ1v) is 6.96. The molecule has 9 heteroatoms. The van der Waals surface area contributed by atoms with E-state index in [4.69, 9.17) is 4.74 Å². The molecule has 0 spiro atoms. The number of likely N-dealkylation sites (tertiary alicyclic amines) is 1. The zero-order valence-corrected chi connectivity index (χ0v) is 13.2. The number of aliphatic hydroxyl groups is 1. The lowest BCUT2D eigenvalue weighted by atomic mass is 10.2. The Labute approximate surface area is 128 Å². The van der Waals surface area contributed by atoms with Crippen molar-refractivity contribution in [1.29, 1.82) is 0 Å². The van der Waals surface area contributed by atoms with Gasteiger partial charge in [-0.2, -0.15) is 0 Å². The highest BCUT2D eigenvalue weighted by molar-refractivity contribution is 5.75. The average molecular weight is 323 g/mol. The monoisotopic (exact) mass is 323 g/mol. The molecule has 2 atom stereocenters. The number of ether oxygens (including phenoxy) is 1. The number of alkyl halides is 2. The van der Waals surface area contributed by atoms with Gasteiger partial charge in [0.25, 0.3) is 6.43 Å². The van der Waals surface area contributed by atoms with Gasteiger partial charge in [-0.15, -0.1) is 0 Å². The quantitative estimate of drug-likeness (QED) is 0.807. The van der Waals surface area contributed by atoms with E-state index in [0.717, 1.165) is 4.90 Å². The third-order valence-corrected chi connectivity index (χ3v) is 3.14. The standard InChI is InChI=1S/C13H23F2N3O4/c1-13(2,3)22-12(21)18-6-8(9(19)7-18)17(4)11(20)16-5-10(14)15/h8-10,19H,5-7H2,1-4H3,(H,16,20)/t8-,9-/m1/s1. The largest absolute Gasteiger partial charge is 0.444 e. The number of carbonyl (C=O) groups is 2. The van der Waals surface area contributed by atoms with Gasteiger partial charge in [-0.3, -0.25) is 0 Å². The van der Waals surface area contributed by atoms with Gasteiger partial charge in [0.05, 0.1) is 25.2 Å². The molecule has 0 aromatic heterocycles. The van der Waals surface area contributed by atoms with Crippen LogP contribution in [0.5, 0.6) is 0 Å². The first kappa shape index (κ1) is 18.4. The first-order valence-electron chi connectivity index (χ1n) is 6.96. The minimum Gasteiger partial charge on any atom is -0.444 e. The molecule has 1 aliphatic heterocycles. The number of halogens is 2. The summed E-state index contributed by atoms with van der Waals surface area (Å²) in [6.07, 6.45) is -4.20. The Balaban J connectivity index is 2.59. The van der Waals surface area contributed by atoms with E-state index in [0.29, 0.717) is 0 Å². The second kappa shape index (κ2) is 7.08. The summed E-state index contributed by atoms with van der Waals surface area (Å²) >= 11 is 0. The predicted molar refractivity (Wildman–Crippen MR) is 74.8 cm³/mol. The van der Waals surface area contributed by atoms with Crippen molar-refractivity contribution in [2.75, 3.05) is 26.7 Å². The summed E-state index contributed by atoms with van der Waals surface area (Å²) in [5, 5.41) is 12.0. The zero-order valence-electron chi connectivity index (χ0n) is 13.2. The van der Waals surface area contributed by atoms with Crippen molar-refractivity contribution in [3.8, 4) is 0 Å². The van der Waals surface area contributed by atoms with Crippen molar-refractivity contribution in [1.82, 2.24) is 15.1 Å². The number of likely N-dealkylation sites (N-methyl/N-ethyl adjacent to an activating group) is 1. The van der Waals surface area contributed by atoms with Crippen molar-refractivity contribution >= 4 is 12.1 Å². The molecule has 0 bridgehead atoms. The fraction of sp³-hybridized carbons (Fsp3) is 0.846. The molecule has 1 rings (SSSR count). The molecule has 1 aliphatic rings. The molecule has 0 unspecified atom stereocenters. The first-order chi connectivity index (χ1) is 10.0. The molecule has 22 heavy (non-hydrogen) atoms. The van der Waals surface area contributed by atoms with Crippen molar-refractivity contribution in [2.24, 2.45) is 0 Å². The minimum atomic E-state index is -2.65. The van der Waals surface area contributed by atoms with Crippen LogP contribution in [-0.2, 0) is 4.74 Å². The molecular weight excluding hydrogens is 300 g/mol. The highest BCUT2D eigenvalue weighted by Gasteiger charge is 2.39. The number of rotatable bonds is 3. The molecule has 0 aromatic carbocycles. The van der Waals surface area contributed by atoms with Crippen LogP contribution in [0.2, 0.25) is 0 Å². The Morgan fingerprint density at radius 2 is 2.00 bits per heavy atom. The van der Waals surface area contributed by atoms with Gasteiger partial charge < -0.3 is 25.0 Å². The summed E-state index contributed by atoms with van der Waals surface area (Å²) in [6.45, 7) is 4.50. The highest BCUT2D eigenvalue weighted by Crippen LogP contribution is 2.19. The highest BCUT2D eigenvalue weighted by atomic mass is 19.3. The molecule has 1 fully saturated rings. The van der Waals surface area contributed by atoms with Gasteiger partial charge in [0.1, 0.15) is 5.60 Å². The van der Waals surface area contributed by atoms with Crippen LogP contribution in [0.15, 0.2) is 0 Å². The third kappa shape index (κ3) is 5.28. The predicted octanol–water partition coefficient (Wildman–Crippen LogP) is 0.873. The zero-order chi connectivity index (χ0) is 17.1. The summed E-state index contributed by atoms with van der Waals surface area (Å²) in [4.78, 5) is 26.1. The van der Waals surface area contributed by atoms with Crippen molar-refractivity contribution in [2.45, 2.75) is 44.9 Å². The van der Waals surface area contributed by atoms with Gasteiger partial charge in [0, 0.05) is 13.6 Å². The molecule has 1 saturated heterocycles. The van der Waals surface area contributed by atoms with Crippen molar-refractivity contribution in [3.05, 3.63) is 0 Å². The molecule has 7 nitrogen and oxygen atoms in total. The summed E-state index contributed by atoms with van der Waals surface area (Å²) < 4.78 is 29.4. The number of nitrogens with zero attached hydrogens (tertiary/aromatic N) is 2. The fourth-order valence-corrected chi connectivity index (χ4v) is 2.07. The van der Waals surface area contributed by atoms with Gasteiger partial charge in [-0.1, -0.05) is 0 Å². The number of nitrogens with one attached hydrogen (secondary N) is 1. The second-order valence-corrected chi connectivity index (χ2v) is 6.21. The summed E-state index contributed by atoms with van der Waals surface area (Å²) in [7, 11) is 1.38. The van der Waals surface area contributed by atoms with Crippen LogP contribution in [0.4, 0.5) is 18.4 Å². The number of carbonyl (C=O) groups excluding carboxylic acids is 2. The van der Waals surface area contributed by atoms with E-state index in [2.05, 4.69) is 5.32 Å². The van der Waals surface area contributed by atoms with Crippen molar-refractivity contribution in [3.63, 3.8) is 0 Å². The van der Waals surface area contributed by atoms with Crippen molar-refractivity contribution < 1.29 is 28.2 Å². The molecule has 0 radical (unpaired) electrons. The maximum Gasteiger partial charge on any atom is 0.410 e. The molecule has 0 aromatic rings. The normalized spacial score (nSPS) is 21.9. The van der Waals surface area contributed by atoms with Gasteiger partial charge in [0.2, 0.25) is 0 Å². The Morgan fingerprint density at radius 1 is 1.41 bits per heavy atom. The van der Waals surface area contributed by atoms with E-state index in [1.54, 1.807) is 20.8 Å². The molecule has 0 saturated carbocycles. The number of β-amino-alcohol motifs (C(OH)–C–C–N with tert-alkyl or cyclic N) is 1.